The normalized spacial score (nSPS) is 18.7. The first-order valence-corrected chi connectivity index (χ1v) is 10.1. The van der Waals surface area contributed by atoms with E-state index in [9.17, 15) is 15.1 Å². The Hall–Kier alpha value is -0.910. The Morgan fingerprint density at radius 3 is 2.52 bits per heavy atom. The molecule has 0 saturated heterocycles. The van der Waals surface area contributed by atoms with Crippen molar-refractivity contribution in [3.05, 3.63) is 23.3 Å². The minimum absolute atomic E-state index is 0.0162. The zero-order valence-electron chi connectivity index (χ0n) is 15.8. The highest BCUT2D eigenvalue weighted by Gasteiger charge is 2.29. The van der Waals surface area contributed by atoms with Gasteiger partial charge in [0.15, 0.2) is 18.2 Å². The monoisotopic (exact) mass is 374 g/mol. The van der Waals surface area contributed by atoms with Gasteiger partial charge in [0.1, 0.15) is 0 Å². The Bertz CT molecular complexity index is 514. The first-order chi connectivity index (χ1) is 12.0. The van der Waals surface area contributed by atoms with E-state index >= 15 is 0 Å². The van der Waals surface area contributed by atoms with Crippen LogP contribution < -0.4 is 4.90 Å². The number of phenolic OH excluding ortho intramolecular Hbond substituents is 2. The van der Waals surface area contributed by atoms with Crippen molar-refractivity contribution in [2.24, 2.45) is 0 Å². The first kappa shape index (κ1) is 22.1. The molecule has 2 rings (SSSR count). The van der Waals surface area contributed by atoms with Crippen LogP contribution in [0.1, 0.15) is 51.2 Å². The topological polar surface area (TPSA) is 83.6 Å². The predicted octanol–water partition coefficient (Wildman–Crippen LogP) is 2.51. The summed E-state index contributed by atoms with van der Waals surface area (Å²) in [6.45, 7) is 7.74. The van der Waals surface area contributed by atoms with Crippen molar-refractivity contribution < 1.29 is 29.1 Å². The van der Waals surface area contributed by atoms with Crippen molar-refractivity contribution in [1.29, 1.82) is 0 Å². The minimum atomic E-state index is -1.80. The van der Waals surface area contributed by atoms with E-state index < -0.39 is 8.60 Å². The van der Waals surface area contributed by atoms with Crippen LogP contribution in [0.2, 0.25) is 0 Å². The van der Waals surface area contributed by atoms with E-state index in [1.165, 1.54) is 18.4 Å². The summed E-state index contributed by atoms with van der Waals surface area (Å²) in [4.78, 5) is 10.7. The number of hydrogen-bond donors (Lipinski definition) is 4. The second kappa shape index (κ2) is 11.7. The van der Waals surface area contributed by atoms with Crippen LogP contribution in [0.3, 0.4) is 0 Å². The summed E-state index contributed by atoms with van der Waals surface area (Å²) in [5.74, 6) is -0.0354. The molecule has 7 heteroatoms. The van der Waals surface area contributed by atoms with Crippen LogP contribution >= 0.6 is 8.60 Å². The van der Waals surface area contributed by atoms with Gasteiger partial charge in [-0.3, -0.25) is 4.52 Å². The van der Waals surface area contributed by atoms with Crippen molar-refractivity contribution in [2.75, 3.05) is 20.4 Å². The summed E-state index contributed by atoms with van der Waals surface area (Å²) >= 11 is 0. The Balaban J connectivity index is 0.000000970. The van der Waals surface area contributed by atoms with Gasteiger partial charge >= 0.3 is 8.60 Å². The molecule has 0 bridgehead atoms. The molecule has 0 saturated carbocycles. The molecule has 0 fully saturated rings. The van der Waals surface area contributed by atoms with Crippen molar-refractivity contribution >= 4 is 8.60 Å². The van der Waals surface area contributed by atoms with Crippen LogP contribution in [0, 0.1) is 0 Å². The van der Waals surface area contributed by atoms with Crippen molar-refractivity contribution in [3.8, 4) is 11.5 Å². The van der Waals surface area contributed by atoms with Crippen LogP contribution in [-0.4, -0.2) is 41.5 Å². The molecule has 1 aromatic rings. The van der Waals surface area contributed by atoms with E-state index in [0.717, 1.165) is 43.4 Å². The Morgan fingerprint density at radius 2 is 1.92 bits per heavy atom. The van der Waals surface area contributed by atoms with Crippen molar-refractivity contribution in [3.63, 3.8) is 0 Å². The fraction of sp³-hybridized carbons (Fsp3) is 0.667. The molecule has 3 unspecified atom stereocenters. The zero-order valence-corrected chi connectivity index (χ0v) is 16.7. The molecule has 1 aromatic carbocycles. The quantitative estimate of drug-likeness (QED) is 0.335. The number of aromatic hydroxyl groups is 2. The Kier molecular flexibility index (Phi) is 10.3. The zero-order chi connectivity index (χ0) is 18.8. The second-order valence-corrected chi connectivity index (χ2v) is 7.42. The number of hydrogen-bond acceptors (Lipinski definition) is 5. The van der Waals surface area contributed by atoms with Gasteiger partial charge in [-0.1, -0.05) is 33.3 Å². The van der Waals surface area contributed by atoms with Crippen LogP contribution in [0.15, 0.2) is 12.1 Å². The lowest BCUT2D eigenvalue weighted by Gasteiger charge is -2.32. The molecule has 6 nitrogen and oxygen atoms in total. The molecule has 0 aromatic heterocycles. The molecule has 3 atom stereocenters. The number of benzene rings is 1. The second-order valence-electron chi connectivity index (χ2n) is 6.32. The highest BCUT2D eigenvalue weighted by Crippen LogP contribution is 2.35. The molecule has 0 heterocycles. The molecular weight excluding hydrogens is 341 g/mol. The average Bonchev–Trinajstić information content (AvgIpc) is 2.62. The smallest absolute Gasteiger partial charge is 0.334 e. The highest BCUT2D eigenvalue weighted by molar-refractivity contribution is 7.40. The average molecular weight is 374 g/mol. The fourth-order valence-corrected chi connectivity index (χ4v) is 3.46. The molecule has 0 radical (unpaired) electrons. The predicted molar refractivity (Wildman–Crippen MR) is 99.8 cm³/mol. The maximum Gasteiger partial charge on any atom is 0.334 e. The van der Waals surface area contributed by atoms with Gasteiger partial charge in [0, 0.05) is 25.5 Å². The number of nitrogens with one attached hydrogen (secondary N) is 1. The van der Waals surface area contributed by atoms with Crippen molar-refractivity contribution in [1.82, 2.24) is 0 Å². The molecule has 144 valence electrons. The van der Waals surface area contributed by atoms with E-state index in [1.807, 2.05) is 6.07 Å². The SMILES string of the molecule is CCC.CCC[NH+](COP(O)OC)C1CCc2c(ccc(O)c2O)C1. The molecule has 4 N–H and O–H groups in total. The van der Waals surface area contributed by atoms with Crippen LogP contribution in [0.4, 0.5) is 0 Å². The summed E-state index contributed by atoms with van der Waals surface area (Å²) < 4.78 is 10.1. The summed E-state index contributed by atoms with van der Waals surface area (Å²) in [7, 11) is -0.371. The van der Waals surface area contributed by atoms with E-state index in [2.05, 4.69) is 20.8 Å². The molecule has 0 aliphatic heterocycles. The van der Waals surface area contributed by atoms with Gasteiger partial charge in [0.05, 0.1) is 12.6 Å². The molecule has 1 aliphatic rings. The van der Waals surface area contributed by atoms with Gasteiger partial charge in [-0.15, -0.1) is 0 Å². The molecule has 0 amide bonds. The maximum absolute atomic E-state index is 9.95. The van der Waals surface area contributed by atoms with E-state index in [-0.39, 0.29) is 11.5 Å². The molecule has 1 aliphatic carbocycles. The highest BCUT2D eigenvalue weighted by atomic mass is 31.2. The summed E-state index contributed by atoms with van der Waals surface area (Å²) in [6, 6.07) is 3.80. The third kappa shape index (κ3) is 6.72. The maximum atomic E-state index is 9.95. The van der Waals surface area contributed by atoms with Gasteiger partial charge < -0.3 is 24.5 Å². The standard InChI is InChI=1S/C15H24NO5P.C3H8/c1-3-8-16(10-21-22(19)20-2)12-5-6-13-11(9-12)4-7-14(17)15(13)18;1-3-2/h4,7,12,17-19H,3,5-6,8-10H2,1-2H3;3H2,1-2H3/p+1. The lowest BCUT2D eigenvalue weighted by molar-refractivity contribution is -0.941. The fourth-order valence-electron chi connectivity index (χ4n) is 3.08. The van der Waals surface area contributed by atoms with Gasteiger partial charge in [0.2, 0.25) is 0 Å². The van der Waals surface area contributed by atoms with E-state index in [1.54, 1.807) is 6.07 Å². The van der Waals surface area contributed by atoms with Crippen LogP contribution in [0.25, 0.3) is 0 Å². The van der Waals surface area contributed by atoms with Crippen molar-refractivity contribution in [2.45, 2.75) is 58.9 Å². The molecular formula is C18H33NO5P+. The van der Waals surface area contributed by atoms with Gasteiger partial charge in [0.25, 0.3) is 0 Å². The molecule has 25 heavy (non-hydrogen) atoms. The van der Waals surface area contributed by atoms with E-state index in [0.29, 0.717) is 12.8 Å². The minimum Gasteiger partial charge on any atom is -0.504 e. The largest absolute Gasteiger partial charge is 0.504 e. The van der Waals surface area contributed by atoms with E-state index in [4.69, 9.17) is 9.05 Å². The molecule has 0 spiro atoms. The number of rotatable bonds is 7. The number of phenols is 2. The number of quaternary nitrogens is 1. The van der Waals surface area contributed by atoms with Gasteiger partial charge in [-0.25, -0.2) is 0 Å². The third-order valence-corrected chi connectivity index (χ3v) is 4.89. The Labute approximate surface area is 152 Å². The van der Waals surface area contributed by atoms with Crippen LogP contribution in [0.5, 0.6) is 11.5 Å². The third-order valence-electron chi connectivity index (χ3n) is 4.23. The summed E-state index contributed by atoms with van der Waals surface area (Å²) in [5.41, 5.74) is 1.94. The van der Waals surface area contributed by atoms with Gasteiger partial charge in [-0.2, -0.15) is 0 Å². The summed E-state index contributed by atoms with van der Waals surface area (Å²) in [6.07, 6.45) is 4.77. The lowest BCUT2D eigenvalue weighted by Crippen LogP contribution is -3.16. The lowest BCUT2D eigenvalue weighted by atomic mass is 9.86. The summed E-state index contributed by atoms with van der Waals surface area (Å²) in [5, 5.41) is 19.5. The number of fused-ring (bicyclic) bond motifs is 1. The van der Waals surface area contributed by atoms with Gasteiger partial charge in [-0.05, 0) is 24.5 Å². The first-order valence-electron chi connectivity index (χ1n) is 9.01. The van der Waals surface area contributed by atoms with Crippen LogP contribution in [-0.2, 0) is 21.9 Å². The Morgan fingerprint density at radius 1 is 1.24 bits per heavy atom.